The van der Waals surface area contributed by atoms with Gasteiger partial charge in [0.15, 0.2) is 0 Å². The maximum atomic E-state index is 12.7. The predicted molar refractivity (Wildman–Crippen MR) is 89.5 cm³/mol. The summed E-state index contributed by atoms with van der Waals surface area (Å²) in [4.78, 5) is 39.6. The van der Waals surface area contributed by atoms with Crippen LogP contribution in [-0.2, 0) is 9.59 Å². The molecule has 2 atom stereocenters. The molecule has 136 valence electrons. The van der Waals surface area contributed by atoms with Crippen LogP contribution in [0.3, 0.4) is 0 Å². The fourth-order valence-electron chi connectivity index (χ4n) is 3.35. The summed E-state index contributed by atoms with van der Waals surface area (Å²) in [7, 11) is 0. The Morgan fingerprint density at radius 3 is 2.54 bits per heavy atom. The van der Waals surface area contributed by atoms with Crippen molar-refractivity contribution in [2.75, 3.05) is 32.7 Å². The fourth-order valence-corrected chi connectivity index (χ4v) is 3.35. The van der Waals surface area contributed by atoms with E-state index in [1.54, 1.807) is 16.7 Å². The minimum absolute atomic E-state index is 0.0127. The third kappa shape index (κ3) is 4.19. The Morgan fingerprint density at radius 1 is 1.25 bits per heavy atom. The molecule has 0 spiro atoms. The van der Waals surface area contributed by atoms with Gasteiger partial charge in [0.1, 0.15) is 0 Å². The molecule has 2 N–H and O–H groups in total. The predicted octanol–water partition coefficient (Wildman–Crippen LogP) is 1.39. The summed E-state index contributed by atoms with van der Waals surface area (Å²) < 4.78 is 0. The number of rotatable bonds is 4. The first-order valence-corrected chi connectivity index (χ1v) is 8.78. The lowest BCUT2D eigenvalue weighted by molar-refractivity contribution is -0.147. The molecule has 0 aromatic rings. The highest BCUT2D eigenvalue weighted by atomic mass is 16.4. The van der Waals surface area contributed by atoms with Gasteiger partial charge in [0, 0.05) is 32.7 Å². The van der Waals surface area contributed by atoms with Crippen molar-refractivity contribution < 1.29 is 19.5 Å². The van der Waals surface area contributed by atoms with Gasteiger partial charge in [-0.15, -0.1) is 0 Å². The lowest BCUT2D eigenvalue weighted by Gasteiger charge is -2.34. The van der Waals surface area contributed by atoms with E-state index in [1.807, 2.05) is 13.8 Å². The van der Waals surface area contributed by atoms with Crippen LogP contribution in [0.5, 0.6) is 0 Å². The van der Waals surface area contributed by atoms with Gasteiger partial charge in [-0.25, -0.2) is 4.79 Å². The van der Waals surface area contributed by atoms with Gasteiger partial charge in [0.05, 0.1) is 11.3 Å². The maximum absolute atomic E-state index is 12.7. The second-order valence-electron chi connectivity index (χ2n) is 7.74. The van der Waals surface area contributed by atoms with Gasteiger partial charge < -0.3 is 20.2 Å². The molecule has 2 aliphatic rings. The van der Waals surface area contributed by atoms with E-state index in [-0.39, 0.29) is 24.4 Å². The van der Waals surface area contributed by atoms with Crippen LogP contribution in [0.4, 0.5) is 4.79 Å². The summed E-state index contributed by atoms with van der Waals surface area (Å²) >= 11 is 0. The number of hydrogen-bond donors (Lipinski definition) is 2. The van der Waals surface area contributed by atoms with Gasteiger partial charge >= 0.3 is 12.0 Å². The van der Waals surface area contributed by atoms with Crippen molar-refractivity contribution >= 4 is 17.9 Å². The Bertz CT molecular complexity index is 508. The molecule has 0 bridgehead atoms. The normalized spacial score (nSPS) is 27.4. The van der Waals surface area contributed by atoms with Crippen LogP contribution in [0.2, 0.25) is 0 Å². The molecule has 0 radical (unpaired) electrons. The number of amides is 3. The average Bonchev–Trinajstić information content (AvgIpc) is 2.96. The van der Waals surface area contributed by atoms with Gasteiger partial charge in [-0.05, 0) is 32.1 Å². The Hall–Kier alpha value is -1.79. The first kappa shape index (κ1) is 18.5. The summed E-state index contributed by atoms with van der Waals surface area (Å²) in [5, 5.41) is 12.2. The van der Waals surface area contributed by atoms with Crippen molar-refractivity contribution in [3.63, 3.8) is 0 Å². The van der Waals surface area contributed by atoms with Gasteiger partial charge in [-0.1, -0.05) is 13.8 Å². The molecule has 24 heavy (non-hydrogen) atoms. The smallest absolute Gasteiger partial charge is 0.317 e. The highest BCUT2D eigenvalue weighted by Crippen LogP contribution is 2.32. The number of carbonyl (C=O) groups is 3. The highest BCUT2D eigenvalue weighted by Gasteiger charge is 2.43. The summed E-state index contributed by atoms with van der Waals surface area (Å²) in [6, 6.07) is -0.113. The van der Waals surface area contributed by atoms with E-state index in [2.05, 4.69) is 5.32 Å². The number of urea groups is 1. The molecular weight excluding hydrogens is 310 g/mol. The number of hydrogen-bond acceptors (Lipinski definition) is 3. The third-order valence-corrected chi connectivity index (χ3v) is 5.02. The van der Waals surface area contributed by atoms with Crippen molar-refractivity contribution in [3.8, 4) is 0 Å². The van der Waals surface area contributed by atoms with Gasteiger partial charge in [0.25, 0.3) is 0 Å². The van der Waals surface area contributed by atoms with Crippen molar-refractivity contribution in [2.45, 2.75) is 40.0 Å². The van der Waals surface area contributed by atoms with Gasteiger partial charge in [0.2, 0.25) is 5.91 Å². The largest absolute Gasteiger partial charge is 0.481 e. The van der Waals surface area contributed by atoms with Crippen molar-refractivity contribution in [1.29, 1.82) is 0 Å². The second-order valence-corrected chi connectivity index (χ2v) is 7.74. The number of carboxylic acids is 1. The maximum Gasteiger partial charge on any atom is 0.317 e. The minimum atomic E-state index is -0.851. The second kappa shape index (κ2) is 7.40. The molecule has 7 heteroatoms. The number of nitrogens with zero attached hydrogens (tertiary/aromatic N) is 2. The zero-order valence-corrected chi connectivity index (χ0v) is 14.9. The quantitative estimate of drug-likeness (QED) is 0.810. The Morgan fingerprint density at radius 2 is 1.96 bits per heavy atom. The average molecular weight is 339 g/mol. The van der Waals surface area contributed by atoms with E-state index in [0.29, 0.717) is 38.5 Å². The van der Waals surface area contributed by atoms with E-state index in [9.17, 15) is 19.5 Å². The molecule has 2 fully saturated rings. The summed E-state index contributed by atoms with van der Waals surface area (Å²) in [5.74, 6) is -0.702. The molecule has 7 nitrogen and oxygen atoms in total. The topological polar surface area (TPSA) is 90.0 Å². The van der Waals surface area contributed by atoms with Crippen LogP contribution in [0.15, 0.2) is 0 Å². The third-order valence-electron chi connectivity index (χ3n) is 5.02. The molecule has 2 rings (SSSR count). The van der Waals surface area contributed by atoms with Crippen LogP contribution in [0.25, 0.3) is 0 Å². The Labute approximate surface area is 143 Å². The monoisotopic (exact) mass is 339 g/mol. The van der Waals surface area contributed by atoms with Crippen LogP contribution in [0.1, 0.15) is 40.0 Å². The summed E-state index contributed by atoms with van der Waals surface area (Å²) in [5.41, 5.74) is -0.849. The number of piperidine rings is 1. The zero-order chi connectivity index (χ0) is 17.9. The van der Waals surface area contributed by atoms with Crippen molar-refractivity contribution in [2.24, 2.45) is 17.3 Å². The van der Waals surface area contributed by atoms with Crippen LogP contribution in [-0.4, -0.2) is 65.5 Å². The lowest BCUT2D eigenvalue weighted by Crippen LogP contribution is -2.50. The number of likely N-dealkylation sites (tertiary alicyclic amines) is 2. The molecule has 0 aromatic carbocycles. The highest BCUT2D eigenvalue weighted by molar-refractivity contribution is 5.83. The van der Waals surface area contributed by atoms with Crippen molar-refractivity contribution in [1.82, 2.24) is 15.1 Å². The van der Waals surface area contributed by atoms with Crippen LogP contribution < -0.4 is 5.32 Å². The summed E-state index contributed by atoms with van der Waals surface area (Å²) in [6.45, 7) is 8.22. The summed E-state index contributed by atoms with van der Waals surface area (Å²) in [6.07, 6.45) is 2.04. The molecule has 2 aliphatic heterocycles. The van der Waals surface area contributed by atoms with Gasteiger partial charge in [-0.2, -0.15) is 0 Å². The standard InChI is InChI=1S/C17H29N3O4/c1-12(2)9-18-16(24)19-7-4-5-13(10-19)14(21)20-8-6-17(3,11-20)15(22)23/h12-13H,4-11H2,1-3H3,(H,18,24)(H,22,23). The first-order chi connectivity index (χ1) is 11.2. The van der Waals surface area contributed by atoms with E-state index >= 15 is 0 Å². The Kier molecular flexibility index (Phi) is 5.72. The van der Waals surface area contributed by atoms with Crippen LogP contribution >= 0.6 is 0 Å². The first-order valence-electron chi connectivity index (χ1n) is 8.78. The van der Waals surface area contributed by atoms with Crippen molar-refractivity contribution in [3.05, 3.63) is 0 Å². The number of carboxylic acid groups (broad SMARTS) is 1. The lowest BCUT2D eigenvalue weighted by atomic mass is 9.90. The Balaban J connectivity index is 1.91. The molecule has 2 saturated heterocycles. The molecule has 0 aliphatic carbocycles. The molecule has 0 aromatic heterocycles. The molecule has 0 saturated carbocycles. The minimum Gasteiger partial charge on any atom is -0.481 e. The van der Waals surface area contributed by atoms with E-state index in [4.69, 9.17) is 0 Å². The van der Waals surface area contributed by atoms with E-state index in [0.717, 1.165) is 12.8 Å². The van der Waals surface area contributed by atoms with E-state index in [1.165, 1.54) is 0 Å². The number of aliphatic carboxylic acids is 1. The molecular formula is C17H29N3O4. The number of carbonyl (C=O) groups excluding carboxylic acids is 2. The van der Waals surface area contributed by atoms with Gasteiger partial charge in [-0.3, -0.25) is 9.59 Å². The molecule has 3 amide bonds. The fraction of sp³-hybridized carbons (Fsp3) is 0.824. The molecule has 2 heterocycles. The van der Waals surface area contributed by atoms with Crippen LogP contribution in [0, 0.1) is 17.3 Å². The number of nitrogens with one attached hydrogen (secondary N) is 1. The zero-order valence-electron chi connectivity index (χ0n) is 14.9. The van der Waals surface area contributed by atoms with E-state index < -0.39 is 11.4 Å². The molecule has 2 unspecified atom stereocenters. The SMILES string of the molecule is CC(C)CNC(=O)N1CCCC(C(=O)N2CCC(C)(C(=O)O)C2)C1.